The summed E-state index contributed by atoms with van der Waals surface area (Å²) < 4.78 is 4.80. The van der Waals surface area contributed by atoms with Crippen LogP contribution in [0.3, 0.4) is 0 Å². The Hall–Kier alpha value is -0.944. The van der Waals surface area contributed by atoms with E-state index in [1.807, 2.05) is 13.0 Å². The van der Waals surface area contributed by atoms with Crippen molar-refractivity contribution >= 4 is 37.4 Å². The summed E-state index contributed by atoms with van der Waals surface area (Å²) >= 11 is 0.542. The second-order valence-electron chi connectivity index (χ2n) is 3.64. The summed E-state index contributed by atoms with van der Waals surface area (Å²) in [6, 6.07) is 0. The van der Waals surface area contributed by atoms with Crippen LogP contribution in [0.25, 0.3) is 0 Å². The molecule has 4 nitrogen and oxygen atoms in total. The first-order valence-corrected chi connectivity index (χ1v) is 6.70. The fourth-order valence-corrected chi connectivity index (χ4v) is 1.97. The number of carbonyl (C=O) groups is 2. The van der Waals surface area contributed by atoms with Gasteiger partial charge in [-0.3, -0.25) is 0 Å². The van der Waals surface area contributed by atoms with Crippen molar-refractivity contribution in [1.29, 1.82) is 0 Å². The second kappa shape index (κ2) is 6.71. The quantitative estimate of drug-likeness (QED) is 0.729. The van der Waals surface area contributed by atoms with E-state index in [4.69, 9.17) is 7.88 Å². The number of carboxylic acid groups (broad SMARTS) is 1. The molecule has 0 spiro atoms. The van der Waals surface area contributed by atoms with Crippen LogP contribution in [0.1, 0.15) is 19.8 Å². The molecule has 0 saturated carbocycles. The van der Waals surface area contributed by atoms with E-state index in [0.717, 1.165) is 12.8 Å². The molecule has 0 saturated heterocycles. The molecular formula is C12H14O4Po. The molecule has 0 bridgehead atoms. The molecule has 1 aliphatic carbocycles. The van der Waals surface area contributed by atoms with Gasteiger partial charge in [0.15, 0.2) is 0 Å². The number of hydrogen-bond donors (Lipinski definition) is 1. The van der Waals surface area contributed by atoms with Crippen LogP contribution < -0.4 is 0 Å². The predicted molar refractivity (Wildman–Crippen MR) is 64.6 cm³/mol. The van der Waals surface area contributed by atoms with Crippen LogP contribution in [0.4, 0.5) is 0 Å². The van der Waals surface area contributed by atoms with E-state index < -0.39 is 11.9 Å². The van der Waals surface area contributed by atoms with E-state index in [-0.39, 0.29) is 11.5 Å². The van der Waals surface area contributed by atoms with Crippen LogP contribution in [-0.2, 0) is 12.4 Å². The maximum atomic E-state index is 11.6. The van der Waals surface area contributed by atoms with Gasteiger partial charge in [0, 0.05) is 0 Å². The molecule has 0 amide bonds. The average molecular weight is 431 g/mol. The van der Waals surface area contributed by atoms with Crippen molar-refractivity contribution in [2.75, 3.05) is 0 Å². The van der Waals surface area contributed by atoms with Gasteiger partial charge in [0.1, 0.15) is 0 Å². The van der Waals surface area contributed by atoms with Crippen molar-refractivity contribution < 1.29 is 17.5 Å². The Morgan fingerprint density at radius 3 is 2.82 bits per heavy atom. The number of unbranched alkanes of at least 4 members (excludes halogenated alkanes) is 1. The molecule has 0 aromatic rings. The molecule has 17 heavy (non-hydrogen) atoms. The summed E-state index contributed by atoms with van der Waals surface area (Å²) in [6.45, 7) is 2.02. The molecule has 0 fully saturated rings. The van der Waals surface area contributed by atoms with E-state index in [0.29, 0.717) is 31.1 Å². The van der Waals surface area contributed by atoms with Crippen LogP contribution in [0.2, 0.25) is 0 Å². The van der Waals surface area contributed by atoms with Crippen molar-refractivity contribution in [3.8, 4) is 0 Å². The first-order chi connectivity index (χ1) is 8.10. The standard InChI is InChI=1S/C12H14O4.Po.H/c1-2-3-4-8-7-9(11(13)14)5-6-10(8)12(15)16;;/h4-7,10H,2-3H2,1H3,(H,13,14)(H,15,16);;/q;+1;/p-1. The predicted octanol–water partition coefficient (Wildman–Crippen LogP) is 1.27. The zero-order chi connectivity index (χ0) is 12.8. The number of carboxylic acids is 1. The molecule has 0 heterocycles. The second-order valence-corrected chi connectivity index (χ2v) is 4.35. The van der Waals surface area contributed by atoms with Gasteiger partial charge < -0.3 is 0 Å². The summed E-state index contributed by atoms with van der Waals surface area (Å²) in [5.74, 6) is -1.77. The summed E-state index contributed by atoms with van der Waals surface area (Å²) in [5, 5.41) is 8.91. The molecule has 1 unspecified atom stereocenters. The zero-order valence-electron chi connectivity index (χ0n) is 9.42. The molecule has 0 aromatic carbocycles. The van der Waals surface area contributed by atoms with Gasteiger partial charge in [-0.25, -0.2) is 0 Å². The molecule has 92 valence electrons. The summed E-state index contributed by atoms with van der Waals surface area (Å²) in [4.78, 5) is 22.4. The fourth-order valence-electron chi connectivity index (χ4n) is 1.53. The van der Waals surface area contributed by atoms with Gasteiger partial charge in [-0.1, -0.05) is 0 Å². The molecule has 1 rings (SSSR count). The molecular weight excluding hydrogens is 417 g/mol. The summed E-state index contributed by atoms with van der Waals surface area (Å²) in [6.07, 6.45) is 8.23. The molecule has 0 radical (unpaired) electrons. The first-order valence-electron chi connectivity index (χ1n) is 5.28. The van der Waals surface area contributed by atoms with E-state index in [2.05, 4.69) is 0 Å². The molecule has 1 aliphatic rings. The minimum atomic E-state index is -0.987. The Bertz CT molecular complexity index is 407. The van der Waals surface area contributed by atoms with Gasteiger partial charge in [-0.2, -0.15) is 0 Å². The third kappa shape index (κ3) is 3.78. The Labute approximate surface area is 116 Å². The Morgan fingerprint density at radius 1 is 1.59 bits per heavy atom. The average Bonchev–Trinajstić information content (AvgIpc) is 2.34. The third-order valence-corrected chi connectivity index (χ3v) is 3.11. The Morgan fingerprint density at radius 2 is 2.29 bits per heavy atom. The topological polar surface area (TPSA) is 63.6 Å². The van der Waals surface area contributed by atoms with Gasteiger partial charge in [-0.05, 0) is 0 Å². The van der Waals surface area contributed by atoms with Crippen molar-refractivity contribution in [1.82, 2.24) is 0 Å². The number of allylic oxidation sites excluding steroid dienone is 2. The van der Waals surface area contributed by atoms with Gasteiger partial charge in [0.05, 0.1) is 0 Å². The number of hydrogen-bond acceptors (Lipinski definition) is 3. The number of carbonyl (C=O) groups excluding carboxylic acids is 1. The van der Waals surface area contributed by atoms with Crippen LogP contribution in [-0.4, -0.2) is 42.6 Å². The molecule has 0 aromatic heterocycles. The normalized spacial score (nSPS) is 21.2. The minimum absolute atomic E-state index is 0.197. The SMILES string of the molecule is CCCC=C1C=C(C(=O)O)C=CC1C(=O)[O][PoH]. The monoisotopic (exact) mass is 431 g/mol. The van der Waals surface area contributed by atoms with Gasteiger partial charge in [0.25, 0.3) is 0 Å². The van der Waals surface area contributed by atoms with Crippen LogP contribution in [0, 0.1) is 5.92 Å². The molecule has 1 atom stereocenters. The van der Waals surface area contributed by atoms with E-state index in [1.165, 1.54) is 12.2 Å². The van der Waals surface area contributed by atoms with E-state index >= 15 is 0 Å². The van der Waals surface area contributed by atoms with Crippen LogP contribution in [0.15, 0.2) is 35.5 Å². The van der Waals surface area contributed by atoms with Crippen LogP contribution >= 0.6 is 0 Å². The maximum absolute atomic E-state index is 11.6. The van der Waals surface area contributed by atoms with E-state index in [9.17, 15) is 9.59 Å². The van der Waals surface area contributed by atoms with Crippen molar-refractivity contribution in [2.45, 2.75) is 19.8 Å². The third-order valence-electron chi connectivity index (χ3n) is 2.41. The van der Waals surface area contributed by atoms with Gasteiger partial charge in [0.2, 0.25) is 0 Å². The molecule has 1 N–H and O–H groups in total. The molecule has 5 heteroatoms. The van der Waals surface area contributed by atoms with Crippen molar-refractivity contribution in [3.05, 3.63) is 35.5 Å². The number of aliphatic carboxylic acids is 1. The Kier molecular flexibility index (Phi) is 5.57. The molecule has 0 aliphatic heterocycles. The zero-order valence-corrected chi connectivity index (χ0v) is 12.9. The van der Waals surface area contributed by atoms with Gasteiger partial charge in [-0.15, -0.1) is 0 Å². The Balaban J connectivity index is 3.00. The van der Waals surface area contributed by atoms with Crippen molar-refractivity contribution in [3.63, 3.8) is 0 Å². The summed E-state index contributed by atoms with van der Waals surface area (Å²) in [7, 11) is 0. The van der Waals surface area contributed by atoms with Gasteiger partial charge >= 0.3 is 116 Å². The number of rotatable bonds is 4. The van der Waals surface area contributed by atoms with Crippen molar-refractivity contribution in [2.24, 2.45) is 5.92 Å². The van der Waals surface area contributed by atoms with E-state index in [1.54, 1.807) is 6.08 Å². The van der Waals surface area contributed by atoms with Crippen LogP contribution in [0.5, 0.6) is 0 Å². The summed E-state index contributed by atoms with van der Waals surface area (Å²) in [5.41, 5.74) is 0.908. The fraction of sp³-hybridized carbons (Fsp3) is 0.333. The first kappa shape index (κ1) is 14.1.